The molecule has 78 valence electrons. The molecule has 0 radical (unpaired) electrons. The highest BCUT2D eigenvalue weighted by Crippen LogP contribution is 2.27. The number of rotatable bonds is 3. The van der Waals surface area contributed by atoms with Gasteiger partial charge in [-0.15, -0.1) is 11.3 Å². The Morgan fingerprint density at radius 2 is 2.21 bits per heavy atom. The summed E-state index contributed by atoms with van der Waals surface area (Å²) in [4.78, 5) is 4.29. The van der Waals surface area contributed by atoms with Crippen molar-refractivity contribution in [3.05, 3.63) is 16.6 Å². The van der Waals surface area contributed by atoms with Gasteiger partial charge in [0.2, 0.25) is 0 Å². The molecule has 0 aromatic carbocycles. The van der Waals surface area contributed by atoms with Gasteiger partial charge in [-0.2, -0.15) is 0 Å². The molecule has 1 saturated carbocycles. The monoisotopic (exact) mass is 210 g/mol. The Bertz CT molecular complexity index is 252. The third-order valence-electron chi connectivity index (χ3n) is 3.15. The Balaban J connectivity index is 1.85. The zero-order chi connectivity index (χ0) is 9.80. The fraction of sp³-hybridized carbons (Fsp3) is 0.727. The predicted octanol–water partition coefficient (Wildman–Crippen LogP) is 2.59. The van der Waals surface area contributed by atoms with Crippen LogP contribution in [0.3, 0.4) is 0 Å². The molecule has 1 unspecified atom stereocenters. The molecule has 1 aliphatic rings. The van der Waals surface area contributed by atoms with E-state index < -0.39 is 0 Å². The van der Waals surface area contributed by atoms with E-state index in [1.165, 1.54) is 37.1 Å². The number of nitrogens with two attached hydrogens (primary N) is 1. The van der Waals surface area contributed by atoms with E-state index in [2.05, 4.69) is 4.98 Å². The Labute approximate surface area is 89.5 Å². The summed E-state index contributed by atoms with van der Waals surface area (Å²) in [5.41, 5.74) is 6.21. The highest BCUT2D eigenvalue weighted by Gasteiger charge is 2.21. The van der Waals surface area contributed by atoms with Crippen molar-refractivity contribution >= 4 is 11.3 Å². The van der Waals surface area contributed by atoms with E-state index in [1.807, 2.05) is 11.6 Å². The van der Waals surface area contributed by atoms with E-state index in [1.54, 1.807) is 11.3 Å². The first kappa shape index (κ1) is 10.1. The van der Waals surface area contributed by atoms with E-state index in [0.717, 1.165) is 12.3 Å². The number of thiazole rings is 1. The lowest BCUT2D eigenvalue weighted by molar-refractivity contribution is 0.303. The van der Waals surface area contributed by atoms with Gasteiger partial charge in [0.25, 0.3) is 0 Å². The summed E-state index contributed by atoms with van der Waals surface area (Å²) in [5, 5.41) is 3.23. The van der Waals surface area contributed by atoms with Crippen LogP contribution in [-0.2, 0) is 6.42 Å². The van der Waals surface area contributed by atoms with Gasteiger partial charge in [0.1, 0.15) is 0 Å². The second-order valence-electron chi connectivity index (χ2n) is 4.19. The van der Waals surface area contributed by atoms with Crippen LogP contribution < -0.4 is 5.73 Å². The molecule has 14 heavy (non-hydrogen) atoms. The second-order valence-corrected chi connectivity index (χ2v) is 5.17. The zero-order valence-corrected chi connectivity index (χ0v) is 9.30. The molecule has 1 aromatic heterocycles. The van der Waals surface area contributed by atoms with Crippen molar-refractivity contribution in [1.82, 2.24) is 4.98 Å². The van der Waals surface area contributed by atoms with Crippen LogP contribution in [0.4, 0.5) is 0 Å². The molecule has 0 saturated heterocycles. The molecule has 0 spiro atoms. The standard InChI is InChI=1S/C11H18N2S/c12-10(8-11-13-6-7-14-11)9-4-2-1-3-5-9/h6-7,9-10H,1-5,8,12H2. The summed E-state index contributed by atoms with van der Waals surface area (Å²) in [6, 6.07) is 0.335. The molecule has 1 atom stereocenters. The number of hydrogen-bond donors (Lipinski definition) is 1. The summed E-state index contributed by atoms with van der Waals surface area (Å²) >= 11 is 1.72. The lowest BCUT2D eigenvalue weighted by Crippen LogP contribution is -2.33. The van der Waals surface area contributed by atoms with Gasteiger partial charge in [0.15, 0.2) is 0 Å². The molecule has 1 heterocycles. The largest absolute Gasteiger partial charge is 0.327 e. The second kappa shape index (κ2) is 4.89. The molecular weight excluding hydrogens is 192 g/mol. The Morgan fingerprint density at radius 3 is 2.86 bits per heavy atom. The molecule has 0 bridgehead atoms. The maximum absolute atomic E-state index is 6.21. The van der Waals surface area contributed by atoms with Crippen molar-refractivity contribution in [2.24, 2.45) is 11.7 Å². The normalized spacial score (nSPS) is 20.9. The topological polar surface area (TPSA) is 38.9 Å². The highest BCUT2D eigenvalue weighted by molar-refractivity contribution is 7.09. The summed E-state index contributed by atoms with van der Waals surface area (Å²) in [6.07, 6.45) is 9.64. The van der Waals surface area contributed by atoms with Crippen LogP contribution in [0.15, 0.2) is 11.6 Å². The van der Waals surface area contributed by atoms with E-state index in [-0.39, 0.29) is 0 Å². The lowest BCUT2D eigenvalue weighted by atomic mass is 9.83. The van der Waals surface area contributed by atoms with Crippen molar-refractivity contribution in [2.75, 3.05) is 0 Å². The van der Waals surface area contributed by atoms with Crippen molar-refractivity contribution < 1.29 is 0 Å². The SMILES string of the molecule is NC(Cc1nccs1)C1CCCCC1. The van der Waals surface area contributed by atoms with Gasteiger partial charge in [-0.1, -0.05) is 19.3 Å². The summed E-state index contributed by atoms with van der Waals surface area (Å²) in [5.74, 6) is 0.743. The molecule has 3 heteroatoms. The van der Waals surface area contributed by atoms with Gasteiger partial charge in [-0.25, -0.2) is 4.98 Å². The molecule has 2 rings (SSSR count). The molecule has 1 aliphatic carbocycles. The van der Waals surface area contributed by atoms with Crippen molar-refractivity contribution in [3.63, 3.8) is 0 Å². The van der Waals surface area contributed by atoms with E-state index in [9.17, 15) is 0 Å². The maximum Gasteiger partial charge on any atom is 0.0940 e. The molecule has 1 fully saturated rings. The van der Waals surface area contributed by atoms with Gasteiger partial charge in [0, 0.05) is 24.0 Å². The Kier molecular flexibility index (Phi) is 3.54. The number of nitrogens with zero attached hydrogens (tertiary/aromatic N) is 1. The molecule has 2 nitrogen and oxygen atoms in total. The van der Waals surface area contributed by atoms with Crippen molar-refractivity contribution in [2.45, 2.75) is 44.6 Å². The van der Waals surface area contributed by atoms with Crippen LogP contribution in [0.5, 0.6) is 0 Å². The summed E-state index contributed by atoms with van der Waals surface area (Å²) < 4.78 is 0. The average Bonchev–Trinajstić information content (AvgIpc) is 2.72. The first-order valence-electron chi connectivity index (χ1n) is 5.50. The van der Waals surface area contributed by atoms with Gasteiger partial charge in [-0.05, 0) is 18.8 Å². The van der Waals surface area contributed by atoms with Crippen LogP contribution in [0.2, 0.25) is 0 Å². The molecular formula is C11H18N2S. The van der Waals surface area contributed by atoms with E-state index >= 15 is 0 Å². The van der Waals surface area contributed by atoms with Crippen LogP contribution in [0.25, 0.3) is 0 Å². The van der Waals surface area contributed by atoms with Crippen LogP contribution in [0, 0.1) is 5.92 Å². The number of hydrogen-bond acceptors (Lipinski definition) is 3. The maximum atomic E-state index is 6.21. The molecule has 1 aromatic rings. The lowest BCUT2D eigenvalue weighted by Gasteiger charge is -2.26. The summed E-state index contributed by atoms with van der Waals surface area (Å²) in [7, 11) is 0. The Hall–Kier alpha value is -0.410. The fourth-order valence-electron chi connectivity index (χ4n) is 2.28. The Morgan fingerprint density at radius 1 is 1.43 bits per heavy atom. The van der Waals surface area contributed by atoms with E-state index in [4.69, 9.17) is 5.73 Å². The summed E-state index contributed by atoms with van der Waals surface area (Å²) in [6.45, 7) is 0. The van der Waals surface area contributed by atoms with E-state index in [0.29, 0.717) is 6.04 Å². The molecule has 2 N–H and O–H groups in total. The average molecular weight is 210 g/mol. The highest BCUT2D eigenvalue weighted by atomic mass is 32.1. The van der Waals surface area contributed by atoms with Crippen LogP contribution in [-0.4, -0.2) is 11.0 Å². The quantitative estimate of drug-likeness (QED) is 0.833. The number of aromatic nitrogens is 1. The van der Waals surface area contributed by atoms with Gasteiger partial charge >= 0.3 is 0 Å². The van der Waals surface area contributed by atoms with Gasteiger partial charge in [0.05, 0.1) is 5.01 Å². The predicted molar refractivity (Wildman–Crippen MR) is 60.4 cm³/mol. The molecule has 0 amide bonds. The fourth-order valence-corrected chi connectivity index (χ4v) is 2.97. The van der Waals surface area contributed by atoms with Crippen LogP contribution in [0.1, 0.15) is 37.1 Å². The third-order valence-corrected chi connectivity index (χ3v) is 3.95. The zero-order valence-electron chi connectivity index (χ0n) is 8.48. The van der Waals surface area contributed by atoms with Crippen molar-refractivity contribution in [1.29, 1.82) is 0 Å². The smallest absolute Gasteiger partial charge is 0.0940 e. The minimum Gasteiger partial charge on any atom is -0.327 e. The minimum absolute atomic E-state index is 0.335. The minimum atomic E-state index is 0.335. The third kappa shape index (κ3) is 2.55. The first-order valence-corrected chi connectivity index (χ1v) is 6.38. The van der Waals surface area contributed by atoms with Gasteiger partial charge < -0.3 is 5.73 Å². The molecule has 0 aliphatic heterocycles. The van der Waals surface area contributed by atoms with Crippen LogP contribution >= 0.6 is 11.3 Å². The first-order chi connectivity index (χ1) is 6.86. The van der Waals surface area contributed by atoms with Gasteiger partial charge in [-0.3, -0.25) is 0 Å². The van der Waals surface area contributed by atoms with Crippen molar-refractivity contribution in [3.8, 4) is 0 Å².